The molecule has 0 radical (unpaired) electrons. The molecular formula is C15H16F3N. The van der Waals surface area contributed by atoms with Crippen molar-refractivity contribution in [2.45, 2.75) is 25.1 Å². The van der Waals surface area contributed by atoms with E-state index in [9.17, 15) is 13.2 Å². The highest BCUT2D eigenvalue weighted by atomic mass is 19.4. The minimum atomic E-state index is -4.11. The van der Waals surface area contributed by atoms with E-state index in [1.54, 1.807) is 7.05 Å². The van der Waals surface area contributed by atoms with Crippen LogP contribution < -0.4 is 5.32 Å². The van der Waals surface area contributed by atoms with Crippen LogP contribution in [0.15, 0.2) is 42.5 Å². The lowest BCUT2D eigenvalue weighted by atomic mass is 9.98. The zero-order valence-corrected chi connectivity index (χ0v) is 10.7. The number of hydrogen-bond acceptors (Lipinski definition) is 1. The molecule has 0 bridgehead atoms. The van der Waals surface area contributed by atoms with Gasteiger partial charge in [0.2, 0.25) is 0 Å². The van der Waals surface area contributed by atoms with Gasteiger partial charge >= 0.3 is 6.18 Å². The van der Waals surface area contributed by atoms with Crippen LogP contribution in [-0.4, -0.2) is 13.2 Å². The molecule has 2 rings (SSSR count). The molecule has 4 heteroatoms. The summed E-state index contributed by atoms with van der Waals surface area (Å²) >= 11 is 0. The van der Waals surface area contributed by atoms with Gasteiger partial charge in [0.15, 0.2) is 0 Å². The summed E-state index contributed by atoms with van der Waals surface area (Å²) in [6.45, 7) is 0. The highest BCUT2D eigenvalue weighted by Gasteiger charge is 2.28. The second-order valence-electron chi connectivity index (χ2n) is 4.60. The Morgan fingerprint density at radius 1 is 1.05 bits per heavy atom. The summed E-state index contributed by atoms with van der Waals surface area (Å²) in [6, 6.07) is 13.3. The van der Waals surface area contributed by atoms with Crippen LogP contribution in [-0.2, 0) is 0 Å². The molecule has 1 unspecified atom stereocenters. The summed E-state index contributed by atoms with van der Waals surface area (Å²) in [5.41, 5.74) is 0.894. The van der Waals surface area contributed by atoms with E-state index in [1.807, 2.05) is 42.5 Å². The maximum atomic E-state index is 12.3. The van der Waals surface area contributed by atoms with Gasteiger partial charge in [0.05, 0.1) is 0 Å². The lowest BCUT2D eigenvalue weighted by Gasteiger charge is -2.18. The zero-order valence-electron chi connectivity index (χ0n) is 10.7. The summed E-state index contributed by atoms with van der Waals surface area (Å²) in [7, 11) is 1.69. The average Bonchev–Trinajstić information content (AvgIpc) is 2.38. The fourth-order valence-electron chi connectivity index (χ4n) is 2.21. The normalized spacial score (nSPS) is 13.7. The van der Waals surface area contributed by atoms with E-state index < -0.39 is 12.6 Å². The number of hydrogen-bond donors (Lipinski definition) is 1. The predicted octanol–water partition coefficient (Wildman–Crippen LogP) is 4.44. The highest BCUT2D eigenvalue weighted by Crippen LogP contribution is 2.28. The Balaban J connectivity index is 2.20. The SMILES string of the molecule is CNC(CCC(F)(F)F)c1ccc2ccccc2c1. The van der Waals surface area contributed by atoms with Gasteiger partial charge in [-0.15, -0.1) is 0 Å². The molecular weight excluding hydrogens is 251 g/mol. The molecule has 0 aliphatic carbocycles. The van der Waals surface area contributed by atoms with Crippen molar-refractivity contribution in [2.75, 3.05) is 7.05 Å². The van der Waals surface area contributed by atoms with Crippen LogP contribution in [0.3, 0.4) is 0 Å². The molecule has 0 heterocycles. The first-order valence-corrected chi connectivity index (χ1v) is 6.22. The summed E-state index contributed by atoms with van der Waals surface area (Å²) in [5.74, 6) is 0. The minimum Gasteiger partial charge on any atom is -0.313 e. The Labute approximate surface area is 110 Å². The summed E-state index contributed by atoms with van der Waals surface area (Å²) in [6.07, 6.45) is -4.82. The zero-order chi connectivity index (χ0) is 13.9. The van der Waals surface area contributed by atoms with Gasteiger partial charge in [-0.3, -0.25) is 0 Å². The maximum absolute atomic E-state index is 12.3. The standard InChI is InChI=1S/C15H16F3N/c1-19-14(8-9-15(16,17)18)13-7-6-11-4-2-3-5-12(11)10-13/h2-7,10,14,19H,8-9H2,1H3. The van der Waals surface area contributed by atoms with Crippen LogP contribution in [0.25, 0.3) is 10.8 Å². The largest absolute Gasteiger partial charge is 0.389 e. The number of rotatable bonds is 4. The van der Waals surface area contributed by atoms with E-state index in [2.05, 4.69) is 5.32 Å². The Morgan fingerprint density at radius 3 is 2.37 bits per heavy atom. The van der Waals surface area contributed by atoms with Crippen molar-refractivity contribution < 1.29 is 13.2 Å². The number of halogens is 3. The molecule has 0 amide bonds. The molecule has 0 aromatic heterocycles. The molecule has 0 saturated carbocycles. The fourth-order valence-corrected chi connectivity index (χ4v) is 2.21. The molecule has 0 saturated heterocycles. The van der Waals surface area contributed by atoms with E-state index in [1.165, 1.54) is 0 Å². The van der Waals surface area contributed by atoms with Crippen molar-refractivity contribution in [2.24, 2.45) is 0 Å². The second-order valence-corrected chi connectivity index (χ2v) is 4.60. The molecule has 1 atom stereocenters. The summed E-state index contributed by atoms with van der Waals surface area (Å²) < 4.78 is 36.9. The van der Waals surface area contributed by atoms with Crippen LogP contribution in [0.4, 0.5) is 13.2 Å². The maximum Gasteiger partial charge on any atom is 0.389 e. The van der Waals surface area contributed by atoms with E-state index in [-0.39, 0.29) is 12.5 Å². The molecule has 1 nitrogen and oxygen atoms in total. The molecule has 2 aromatic rings. The number of benzene rings is 2. The third-order valence-electron chi connectivity index (χ3n) is 3.24. The van der Waals surface area contributed by atoms with Gasteiger partial charge in [-0.1, -0.05) is 36.4 Å². The molecule has 19 heavy (non-hydrogen) atoms. The van der Waals surface area contributed by atoms with Crippen molar-refractivity contribution in [1.82, 2.24) is 5.32 Å². The van der Waals surface area contributed by atoms with Crippen molar-refractivity contribution in [3.8, 4) is 0 Å². The summed E-state index contributed by atoms with van der Waals surface area (Å²) in [4.78, 5) is 0. The molecule has 0 fully saturated rings. The van der Waals surface area contributed by atoms with E-state index in [4.69, 9.17) is 0 Å². The lowest BCUT2D eigenvalue weighted by Crippen LogP contribution is -2.19. The van der Waals surface area contributed by atoms with Crippen LogP contribution in [0.1, 0.15) is 24.4 Å². The highest BCUT2D eigenvalue weighted by molar-refractivity contribution is 5.83. The van der Waals surface area contributed by atoms with Gasteiger partial charge in [0, 0.05) is 12.5 Å². The topological polar surface area (TPSA) is 12.0 Å². The van der Waals surface area contributed by atoms with Gasteiger partial charge in [0.1, 0.15) is 0 Å². The van der Waals surface area contributed by atoms with Gasteiger partial charge in [-0.05, 0) is 35.9 Å². The minimum absolute atomic E-state index is 0.0539. The van der Waals surface area contributed by atoms with Crippen molar-refractivity contribution in [1.29, 1.82) is 0 Å². The van der Waals surface area contributed by atoms with Crippen molar-refractivity contribution >= 4 is 10.8 Å². The number of nitrogens with one attached hydrogen (secondary N) is 1. The van der Waals surface area contributed by atoms with Crippen LogP contribution in [0.5, 0.6) is 0 Å². The Bertz CT molecular complexity index is 548. The lowest BCUT2D eigenvalue weighted by molar-refractivity contribution is -0.136. The smallest absolute Gasteiger partial charge is 0.313 e. The fraction of sp³-hybridized carbons (Fsp3) is 0.333. The predicted molar refractivity (Wildman–Crippen MR) is 71.0 cm³/mol. The van der Waals surface area contributed by atoms with Crippen LogP contribution in [0, 0.1) is 0 Å². The third kappa shape index (κ3) is 3.70. The van der Waals surface area contributed by atoms with Gasteiger partial charge < -0.3 is 5.32 Å². The number of alkyl halides is 3. The second kappa shape index (κ2) is 5.61. The first kappa shape index (κ1) is 13.9. The Kier molecular flexibility index (Phi) is 4.10. The van der Waals surface area contributed by atoms with E-state index in [0.717, 1.165) is 16.3 Å². The van der Waals surface area contributed by atoms with Crippen LogP contribution in [0.2, 0.25) is 0 Å². The Morgan fingerprint density at radius 2 is 1.74 bits per heavy atom. The molecule has 0 aliphatic rings. The van der Waals surface area contributed by atoms with Gasteiger partial charge in [-0.2, -0.15) is 13.2 Å². The molecule has 102 valence electrons. The first-order valence-electron chi connectivity index (χ1n) is 6.22. The van der Waals surface area contributed by atoms with Gasteiger partial charge in [-0.25, -0.2) is 0 Å². The number of fused-ring (bicyclic) bond motifs is 1. The van der Waals surface area contributed by atoms with Crippen molar-refractivity contribution in [3.05, 3.63) is 48.0 Å². The van der Waals surface area contributed by atoms with Crippen LogP contribution >= 0.6 is 0 Å². The molecule has 0 spiro atoms. The average molecular weight is 267 g/mol. The summed E-state index contributed by atoms with van der Waals surface area (Å²) in [5, 5.41) is 5.10. The van der Waals surface area contributed by atoms with Gasteiger partial charge in [0.25, 0.3) is 0 Å². The monoisotopic (exact) mass is 267 g/mol. The van der Waals surface area contributed by atoms with E-state index in [0.29, 0.717) is 0 Å². The first-order chi connectivity index (χ1) is 8.99. The molecule has 2 aromatic carbocycles. The molecule has 0 aliphatic heterocycles. The third-order valence-corrected chi connectivity index (χ3v) is 3.24. The quantitative estimate of drug-likeness (QED) is 0.863. The Hall–Kier alpha value is -1.55. The molecule has 1 N–H and O–H groups in total. The van der Waals surface area contributed by atoms with E-state index >= 15 is 0 Å². The van der Waals surface area contributed by atoms with Crippen molar-refractivity contribution in [3.63, 3.8) is 0 Å².